The molecule has 2 amide bonds. The molecule has 28 heavy (non-hydrogen) atoms. The van der Waals surface area contributed by atoms with Crippen LogP contribution in [0.1, 0.15) is 36.7 Å². The molecule has 2 aromatic rings. The highest BCUT2D eigenvalue weighted by atomic mass is 16.6. The van der Waals surface area contributed by atoms with Crippen molar-refractivity contribution < 1.29 is 14.5 Å². The van der Waals surface area contributed by atoms with Crippen LogP contribution in [-0.2, 0) is 11.3 Å². The number of nitrogens with zero attached hydrogens (tertiary/aromatic N) is 1. The maximum Gasteiger partial charge on any atom is 0.293 e. The van der Waals surface area contributed by atoms with Crippen molar-refractivity contribution in [2.45, 2.75) is 39.4 Å². The standard InChI is InChI=1S/C20H24N4O4/c1-13(2)22-20(26)16-9-10-17(18(11-16)24(27)28)23-14(3)19(25)21-12-15-7-5-4-6-8-15/h4-11,13-14,23H,12H2,1-3H3,(H,21,25)(H,22,26). The number of nitrogens with one attached hydrogen (secondary N) is 3. The SMILES string of the molecule is CC(C)NC(=O)c1ccc(NC(C)C(=O)NCc2ccccc2)c([N+](=O)[O-])c1. The maximum absolute atomic E-state index is 12.3. The van der Waals surface area contributed by atoms with Crippen molar-refractivity contribution in [3.8, 4) is 0 Å². The minimum Gasteiger partial charge on any atom is -0.368 e. The summed E-state index contributed by atoms with van der Waals surface area (Å²) in [4.78, 5) is 35.2. The lowest BCUT2D eigenvalue weighted by atomic mass is 10.1. The number of rotatable bonds is 8. The lowest BCUT2D eigenvalue weighted by molar-refractivity contribution is -0.384. The molecular formula is C20H24N4O4. The van der Waals surface area contributed by atoms with Crippen LogP contribution in [0.4, 0.5) is 11.4 Å². The maximum atomic E-state index is 12.3. The molecule has 0 aromatic heterocycles. The lowest BCUT2D eigenvalue weighted by Crippen LogP contribution is -2.37. The number of amides is 2. The normalized spacial score (nSPS) is 11.6. The van der Waals surface area contributed by atoms with E-state index in [1.807, 2.05) is 30.3 Å². The highest BCUT2D eigenvalue weighted by Crippen LogP contribution is 2.26. The Hall–Kier alpha value is -3.42. The summed E-state index contributed by atoms with van der Waals surface area (Å²) < 4.78 is 0. The molecule has 0 aliphatic carbocycles. The third kappa shape index (κ3) is 5.80. The van der Waals surface area contributed by atoms with E-state index in [9.17, 15) is 19.7 Å². The molecule has 0 fully saturated rings. The van der Waals surface area contributed by atoms with Gasteiger partial charge < -0.3 is 16.0 Å². The van der Waals surface area contributed by atoms with Crippen molar-refractivity contribution in [2.24, 2.45) is 0 Å². The molecule has 3 N–H and O–H groups in total. The van der Waals surface area contributed by atoms with E-state index in [0.717, 1.165) is 5.56 Å². The third-order valence-corrected chi connectivity index (χ3v) is 3.95. The van der Waals surface area contributed by atoms with Crippen molar-refractivity contribution in [3.63, 3.8) is 0 Å². The Balaban J connectivity index is 2.07. The van der Waals surface area contributed by atoms with Gasteiger partial charge in [-0.3, -0.25) is 19.7 Å². The van der Waals surface area contributed by atoms with Crippen LogP contribution < -0.4 is 16.0 Å². The molecule has 2 rings (SSSR count). The molecule has 0 bridgehead atoms. The van der Waals surface area contributed by atoms with Crippen molar-refractivity contribution >= 4 is 23.2 Å². The summed E-state index contributed by atoms with van der Waals surface area (Å²) in [6, 6.07) is 12.8. The predicted molar refractivity (Wildman–Crippen MR) is 107 cm³/mol. The number of carbonyl (C=O) groups excluding carboxylic acids is 2. The average Bonchev–Trinajstić information content (AvgIpc) is 2.66. The molecule has 0 saturated heterocycles. The zero-order chi connectivity index (χ0) is 20.7. The third-order valence-electron chi connectivity index (χ3n) is 3.95. The summed E-state index contributed by atoms with van der Waals surface area (Å²) in [6.07, 6.45) is 0. The topological polar surface area (TPSA) is 113 Å². The van der Waals surface area contributed by atoms with Gasteiger partial charge in [-0.25, -0.2) is 0 Å². The zero-order valence-electron chi connectivity index (χ0n) is 16.1. The van der Waals surface area contributed by atoms with E-state index in [1.165, 1.54) is 18.2 Å². The van der Waals surface area contributed by atoms with E-state index in [2.05, 4.69) is 16.0 Å². The molecule has 1 unspecified atom stereocenters. The van der Waals surface area contributed by atoms with Crippen LogP contribution in [0.25, 0.3) is 0 Å². The highest BCUT2D eigenvalue weighted by Gasteiger charge is 2.21. The molecule has 0 aliphatic rings. The Kier molecular flexibility index (Phi) is 7.08. The Labute approximate surface area is 163 Å². The molecule has 8 heteroatoms. The van der Waals surface area contributed by atoms with Crippen LogP contribution >= 0.6 is 0 Å². The second-order valence-corrected chi connectivity index (χ2v) is 6.69. The smallest absolute Gasteiger partial charge is 0.293 e. The Morgan fingerprint density at radius 1 is 1.07 bits per heavy atom. The molecule has 148 valence electrons. The van der Waals surface area contributed by atoms with Crippen LogP contribution in [-0.4, -0.2) is 28.8 Å². The molecule has 8 nitrogen and oxygen atoms in total. The van der Waals surface area contributed by atoms with Gasteiger partial charge in [-0.2, -0.15) is 0 Å². The van der Waals surface area contributed by atoms with Crippen molar-refractivity contribution in [1.82, 2.24) is 10.6 Å². The first kappa shape index (κ1) is 20.9. The fourth-order valence-corrected chi connectivity index (χ4v) is 2.53. The number of anilines is 1. The van der Waals surface area contributed by atoms with Gasteiger partial charge in [0.2, 0.25) is 5.91 Å². The lowest BCUT2D eigenvalue weighted by Gasteiger charge is -2.16. The number of benzene rings is 2. The average molecular weight is 384 g/mol. The summed E-state index contributed by atoms with van der Waals surface area (Å²) >= 11 is 0. The Morgan fingerprint density at radius 2 is 1.75 bits per heavy atom. The number of nitro benzene ring substituents is 1. The predicted octanol–water partition coefficient (Wildman–Crippen LogP) is 2.85. The number of hydrogen-bond acceptors (Lipinski definition) is 5. The van der Waals surface area contributed by atoms with Gasteiger partial charge >= 0.3 is 0 Å². The van der Waals surface area contributed by atoms with Crippen molar-refractivity contribution in [2.75, 3.05) is 5.32 Å². The van der Waals surface area contributed by atoms with E-state index < -0.39 is 16.9 Å². The minimum atomic E-state index is -0.697. The van der Waals surface area contributed by atoms with Gasteiger partial charge in [-0.15, -0.1) is 0 Å². The first-order valence-corrected chi connectivity index (χ1v) is 8.95. The van der Waals surface area contributed by atoms with Crippen molar-refractivity contribution in [1.29, 1.82) is 0 Å². The van der Waals surface area contributed by atoms with Gasteiger partial charge in [0.1, 0.15) is 11.7 Å². The highest BCUT2D eigenvalue weighted by molar-refractivity contribution is 5.96. The van der Waals surface area contributed by atoms with E-state index in [0.29, 0.717) is 6.54 Å². The van der Waals surface area contributed by atoms with Crippen LogP contribution in [0.2, 0.25) is 0 Å². The second-order valence-electron chi connectivity index (χ2n) is 6.69. The van der Waals surface area contributed by atoms with Gasteiger partial charge in [-0.1, -0.05) is 30.3 Å². The van der Waals surface area contributed by atoms with E-state index >= 15 is 0 Å². The van der Waals surface area contributed by atoms with Gasteiger partial charge in [0, 0.05) is 24.2 Å². The van der Waals surface area contributed by atoms with Gasteiger partial charge in [-0.05, 0) is 38.5 Å². The largest absolute Gasteiger partial charge is 0.368 e. The number of carbonyl (C=O) groups is 2. The zero-order valence-corrected chi connectivity index (χ0v) is 16.1. The second kappa shape index (κ2) is 9.50. The molecular weight excluding hydrogens is 360 g/mol. The van der Waals surface area contributed by atoms with E-state index in [-0.39, 0.29) is 28.9 Å². The summed E-state index contributed by atoms with van der Waals surface area (Å²) in [5, 5.41) is 19.7. The van der Waals surface area contributed by atoms with E-state index in [1.54, 1.807) is 20.8 Å². The van der Waals surface area contributed by atoms with Gasteiger partial charge in [0.15, 0.2) is 0 Å². The molecule has 0 saturated carbocycles. The molecule has 0 aliphatic heterocycles. The van der Waals surface area contributed by atoms with Crippen LogP contribution in [0, 0.1) is 10.1 Å². The fraction of sp³-hybridized carbons (Fsp3) is 0.300. The first-order chi connectivity index (χ1) is 13.3. The van der Waals surface area contributed by atoms with Gasteiger partial charge in [0.25, 0.3) is 11.6 Å². The minimum absolute atomic E-state index is 0.0855. The van der Waals surface area contributed by atoms with Crippen molar-refractivity contribution in [3.05, 3.63) is 69.8 Å². The van der Waals surface area contributed by atoms with E-state index in [4.69, 9.17) is 0 Å². The quantitative estimate of drug-likeness (QED) is 0.478. The van der Waals surface area contributed by atoms with Crippen LogP contribution in [0.15, 0.2) is 48.5 Å². The summed E-state index contributed by atoms with van der Waals surface area (Å²) in [5.74, 6) is -0.682. The number of nitro groups is 1. The number of hydrogen-bond donors (Lipinski definition) is 3. The molecule has 1 atom stereocenters. The molecule has 0 spiro atoms. The Bertz CT molecular complexity index is 853. The van der Waals surface area contributed by atoms with Gasteiger partial charge in [0.05, 0.1) is 4.92 Å². The Morgan fingerprint density at radius 3 is 2.36 bits per heavy atom. The summed E-state index contributed by atoms with van der Waals surface area (Å²) in [6.45, 7) is 5.58. The summed E-state index contributed by atoms with van der Waals surface area (Å²) in [5.41, 5.74) is 1.05. The van der Waals surface area contributed by atoms with Crippen LogP contribution in [0.3, 0.4) is 0 Å². The van der Waals surface area contributed by atoms with Crippen LogP contribution in [0.5, 0.6) is 0 Å². The molecule has 0 radical (unpaired) electrons. The molecule has 2 aromatic carbocycles. The fourth-order valence-electron chi connectivity index (χ4n) is 2.53. The monoisotopic (exact) mass is 384 g/mol. The first-order valence-electron chi connectivity index (χ1n) is 8.95. The summed E-state index contributed by atoms with van der Waals surface area (Å²) in [7, 11) is 0. The molecule has 0 heterocycles.